The Bertz CT molecular complexity index is 1020. The zero-order valence-corrected chi connectivity index (χ0v) is 17.4. The highest BCUT2D eigenvalue weighted by atomic mass is 32.1. The predicted molar refractivity (Wildman–Crippen MR) is 114 cm³/mol. The van der Waals surface area contributed by atoms with Gasteiger partial charge in [-0.1, -0.05) is 13.0 Å². The Labute approximate surface area is 173 Å². The van der Waals surface area contributed by atoms with Crippen molar-refractivity contribution in [2.45, 2.75) is 33.1 Å². The molecule has 0 aliphatic rings. The molecule has 0 bridgehead atoms. The van der Waals surface area contributed by atoms with Gasteiger partial charge < -0.3 is 10.6 Å². The number of carbonyl (C=O) groups excluding carboxylic acids is 2. The van der Waals surface area contributed by atoms with E-state index in [9.17, 15) is 9.59 Å². The maximum absolute atomic E-state index is 12.0. The second-order valence-electron chi connectivity index (χ2n) is 6.87. The van der Waals surface area contributed by atoms with E-state index >= 15 is 0 Å². The Kier molecular flexibility index (Phi) is 6.66. The third kappa shape index (κ3) is 5.92. The summed E-state index contributed by atoms with van der Waals surface area (Å²) in [5, 5.41) is 6.62. The molecule has 0 saturated carbocycles. The minimum absolute atomic E-state index is 0.0144. The maximum Gasteiger partial charge on any atom is 0.217 e. The number of pyridine rings is 2. The smallest absolute Gasteiger partial charge is 0.217 e. The second-order valence-corrected chi connectivity index (χ2v) is 7.93. The van der Waals surface area contributed by atoms with E-state index in [4.69, 9.17) is 0 Å². The fourth-order valence-corrected chi connectivity index (χ4v) is 3.67. The summed E-state index contributed by atoms with van der Waals surface area (Å²) in [5.74, 6) is 1.20. The summed E-state index contributed by atoms with van der Waals surface area (Å²) in [7, 11) is 0. The lowest BCUT2D eigenvalue weighted by Crippen LogP contribution is -2.27. The Morgan fingerprint density at radius 2 is 2.00 bits per heavy atom. The van der Waals surface area contributed by atoms with Crippen molar-refractivity contribution in [3.8, 4) is 10.6 Å². The normalized spacial score (nSPS) is 11.7. The van der Waals surface area contributed by atoms with Gasteiger partial charge in [0, 0.05) is 31.7 Å². The van der Waals surface area contributed by atoms with Crippen molar-refractivity contribution in [1.29, 1.82) is 0 Å². The minimum Gasteiger partial charge on any atom is -0.349 e. The summed E-state index contributed by atoms with van der Waals surface area (Å²) in [5.41, 5.74) is 1.93. The maximum atomic E-state index is 12.0. The molecule has 0 saturated heterocycles. The molecular weight excluding hydrogens is 386 g/mol. The molecule has 0 aliphatic carbocycles. The molecule has 7 nitrogen and oxygen atoms in total. The van der Waals surface area contributed by atoms with Gasteiger partial charge >= 0.3 is 0 Å². The first-order valence-electron chi connectivity index (χ1n) is 9.29. The zero-order chi connectivity index (χ0) is 20.8. The first-order valence-corrected chi connectivity index (χ1v) is 10.1. The lowest BCUT2D eigenvalue weighted by Gasteiger charge is -2.08. The lowest BCUT2D eigenvalue weighted by molar-refractivity contribution is -0.124. The Morgan fingerprint density at radius 1 is 1.17 bits per heavy atom. The third-order valence-electron chi connectivity index (χ3n) is 4.19. The number of nitrogens with zero attached hydrogens (tertiary/aromatic N) is 3. The molecular formula is C21H23N5O2S. The topological polar surface area (TPSA) is 96.9 Å². The highest BCUT2D eigenvalue weighted by molar-refractivity contribution is 7.15. The van der Waals surface area contributed by atoms with E-state index in [2.05, 4.69) is 25.6 Å². The molecule has 1 amide bonds. The molecule has 8 heteroatoms. The molecule has 3 aromatic heterocycles. The first-order chi connectivity index (χ1) is 13.9. The number of hydrogen-bond acceptors (Lipinski definition) is 7. The molecule has 0 radical (unpaired) electrons. The molecule has 29 heavy (non-hydrogen) atoms. The van der Waals surface area contributed by atoms with E-state index in [0.29, 0.717) is 12.2 Å². The van der Waals surface area contributed by atoms with Gasteiger partial charge in [-0.05, 0) is 36.8 Å². The molecule has 0 aromatic carbocycles. The second kappa shape index (κ2) is 9.38. The summed E-state index contributed by atoms with van der Waals surface area (Å²) < 4.78 is 0. The molecule has 3 aromatic rings. The first kappa shape index (κ1) is 20.6. The fourth-order valence-electron chi connectivity index (χ4n) is 2.74. The van der Waals surface area contributed by atoms with Gasteiger partial charge in [0.15, 0.2) is 5.78 Å². The number of carbonyl (C=O) groups is 2. The van der Waals surface area contributed by atoms with Gasteiger partial charge in [-0.25, -0.2) is 15.0 Å². The summed E-state index contributed by atoms with van der Waals surface area (Å²) in [4.78, 5) is 37.3. The van der Waals surface area contributed by atoms with Crippen LogP contribution in [0.3, 0.4) is 0 Å². The van der Waals surface area contributed by atoms with Crippen LogP contribution in [0.25, 0.3) is 10.6 Å². The highest BCUT2D eigenvalue weighted by Gasteiger charge is 2.16. The van der Waals surface area contributed by atoms with Crippen LogP contribution >= 0.6 is 11.3 Å². The van der Waals surface area contributed by atoms with Crippen LogP contribution in [0.5, 0.6) is 0 Å². The quantitative estimate of drug-likeness (QED) is 0.587. The fraction of sp³-hybridized carbons (Fsp3) is 0.286. The monoisotopic (exact) mass is 409 g/mol. The highest BCUT2D eigenvalue weighted by Crippen LogP contribution is 2.31. The minimum atomic E-state index is -0.206. The van der Waals surface area contributed by atoms with Crippen LogP contribution in [-0.2, 0) is 9.59 Å². The van der Waals surface area contributed by atoms with Crippen molar-refractivity contribution in [1.82, 2.24) is 20.3 Å². The molecule has 3 heterocycles. The van der Waals surface area contributed by atoms with Crippen molar-refractivity contribution in [3.05, 3.63) is 53.3 Å². The number of rotatable bonds is 8. The number of Topliss-reactive ketones (excluding diaryl/α,β-unsaturated/α-hetero) is 1. The van der Waals surface area contributed by atoms with Crippen LogP contribution in [-0.4, -0.2) is 33.2 Å². The van der Waals surface area contributed by atoms with Gasteiger partial charge in [0.05, 0.1) is 22.1 Å². The zero-order valence-electron chi connectivity index (χ0n) is 16.6. The van der Waals surface area contributed by atoms with Crippen molar-refractivity contribution in [3.63, 3.8) is 0 Å². The Balaban J connectivity index is 1.68. The number of amides is 1. The van der Waals surface area contributed by atoms with Crippen LogP contribution in [0, 0.1) is 6.92 Å². The van der Waals surface area contributed by atoms with Gasteiger partial charge in [0.25, 0.3) is 0 Å². The van der Waals surface area contributed by atoms with Gasteiger partial charge in [-0.15, -0.1) is 11.3 Å². The number of nitrogens with one attached hydrogen (secondary N) is 2. The third-order valence-corrected chi connectivity index (χ3v) is 5.44. The number of hydrogen-bond donors (Lipinski definition) is 2. The van der Waals surface area contributed by atoms with Crippen LogP contribution in [0.2, 0.25) is 0 Å². The molecule has 1 atom stereocenters. The summed E-state index contributed by atoms with van der Waals surface area (Å²) in [6, 6.07) is 9.65. The summed E-state index contributed by atoms with van der Waals surface area (Å²) in [6.07, 6.45) is 3.87. The molecule has 0 fully saturated rings. The molecule has 1 unspecified atom stereocenters. The Hall–Kier alpha value is -3.13. The molecule has 0 spiro atoms. The SMILES string of the molecule is CC(=O)NCC(=O)CC(C)c1ncc(-c2cccc(Nc3cc(C)ccn3)n2)s1. The van der Waals surface area contributed by atoms with Crippen LogP contribution < -0.4 is 10.6 Å². The summed E-state index contributed by atoms with van der Waals surface area (Å²) in [6.45, 7) is 5.43. The van der Waals surface area contributed by atoms with Crippen molar-refractivity contribution >= 4 is 34.7 Å². The molecule has 3 rings (SSSR count). The van der Waals surface area contributed by atoms with Gasteiger partial charge in [0.2, 0.25) is 5.91 Å². The lowest BCUT2D eigenvalue weighted by atomic mass is 10.1. The van der Waals surface area contributed by atoms with E-state index in [1.807, 2.05) is 44.2 Å². The van der Waals surface area contributed by atoms with Crippen LogP contribution in [0.1, 0.15) is 36.8 Å². The van der Waals surface area contributed by atoms with Crippen LogP contribution in [0.15, 0.2) is 42.7 Å². The standard InChI is InChI=1S/C21H23N5O2S/c1-13-7-8-22-20(9-13)26-19-6-4-5-17(25-19)18-12-24-21(29-18)14(2)10-16(28)11-23-15(3)27/h4-9,12,14H,10-11H2,1-3H3,(H,23,27)(H,22,25,26). The van der Waals surface area contributed by atoms with Gasteiger partial charge in [-0.3, -0.25) is 9.59 Å². The predicted octanol–water partition coefficient (Wildman–Crippen LogP) is 3.85. The number of thiazole rings is 1. The Morgan fingerprint density at radius 3 is 2.76 bits per heavy atom. The average molecular weight is 410 g/mol. The van der Waals surface area contributed by atoms with Crippen molar-refractivity contribution in [2.75, 3.05) is 11.9 Å². The van der Waals surface area contributed by atoms with E-state index in [1.54, 1.807) is 12.4 Å². The van der Waals surface area contributed by atoms with E-state index < -0.39 is 0 Å². The van der Waals surface area contributed by atoms with Gasteiger partial charge in [-0.2, -0.15) is 0 Å². The van der Waals surface area contributed by atoms with E-state index in [0.717, 1.165) is 27.0 Å². The van der Waals surface area contributed by atoms with Crippen molar-refractivity contribution in [2.24, 2.45) is 0 Å². The largest absolute Gasteiger partial charge is 0.349 e. The van der Waals surface area contributed by atoms with E-state index in [1.165, 1.54) is 18.3 Å². The number of aromatic nitrogens is 3. The number of aryl methyl sites for hydroxylation is 1. The molecule has 150 valence electrons. The molecule has 2 N–H and O–H groups in total. The number of ketones is 1. The molecule has 0 aliphatic heterocycles. The van der Waals surface area contributed by atoms with Crippen molar-refractivity contribution < 1.29 is 9.59 Å². The number of anilines is 2. The summed E-state index contributed by atoms with van der Waals surface area (Å²) >= 11 is 1.52. The van der Waals surface area contributed by atoms with Crippen LogP contribution in [0.4, 0.5) is 11.6 Å². The van der Waals surface area contributed by atoms with E-state index in [-0.39, 0.29) is 24.2 Å². The average Bonchev–Trinajstić information content (AvgIpc) is 3.17. The van der Waals surface area contributed by atoms with Gasteiger partial charge in [0.1, 0.15) is 11.6 Å².